The van der Waals surface area contributed by atoms with E-state index in [1.54, 1.807) is 11.7 Å². The first-order valence-corrected chi connectivity index (χ1v) is 4.95. The Balaban J connectivity index is 1.98. The summed E-state index contributed by atoms with van der Waals surface area (Å²) >= 11 is 0. The molecule has 1 fully saturated rings. The second kappa shape index (κ2) is 3.44. The molecule has 0 atom stereocenters. The molecule has 0 saturated heterocycles. The molecule has 0 bridgehead atoms. The summed E-state index contributed by atoms with van der Waals surface area (Å²) in [6.07, 6.45) is 2.51. The molecule has 1 aliphatic rings. The lowest BCUT2D eigenvalue weighted by molar-refractivity contribution is 0.0942. The Morgan fingerprint density at radius 2 is 2.43 bits per heavy atom. The van der Waals surface area contributed by atoms with E-state index in [1.165, 1.54) is 12.8 Å². The Labute approximate surface area is 83.3 Å². The number of rotatable bonds is 3. The molecule has 4 nitrogen and oxygen atoms in total. The first-order valence-electron chi connectivity index (χ1n) is 4.95. The van der Waals surface area contributed by atoms with Crippen LogP contribution in [0.2, 0.25) is 0 Å². The van der Waals surface area contributed by atoms with Crippen molar-refractivity contribution in [2.75, 3.05) is 6.54 Å². The maximum Gasteiger partial charge on any atom is 0.269 e. The number of aryl methyl sites for hydroxylation is 2. The van der Waals surface area contributed by atoms with Gasteiger partial charge in [-0.05, 0) is 31.7 Å². The van der Waals surface area contributed by atoms with Crippen LogP contribution in [0, 0.1) is 12.8 Å². The van der Waals surface area contributed by atoms with Gasteiger partial charge in [0.05, 0.1) is 5.69 Å². The zero-order chi connectivity index (χ0) is 10.1. The van der Waals surface area contributed by atoms with Gasteiger partial charge in [0.25, 0.3) is 5.91 Å². The molecule has 4 heteroatoms. The molecular formula is C10H15N3O. The molecule has 1 aromatic rings. The minimum Gasteiger partial charge on any atom is -0.350 e. The van der Waals surface area contributed by atoms with Gasteiger partial charge in [0.2, 0.25) is 0 Å². The first-order chi connectivity index (χ1) is 6.66. The van der Waals surface area contributed by atoms with Crippen molar-refractivity contribution in [1.82, 2.24) is 15.1 Å². The highest BCUT2D eigenvalue weighted by Gasteiger charge is 2.22. The van der Waals surface area contributed by atoms with Crippen molar-refractivity contribution >= 4 is 5.91 Å². The zero-order valence-electron chi connectivity index (χ0n) is 8.58. The van der Waals surface area contributed by atoms with E-state index in [0.29, 0.717) is 11.6 Å². The highest BCUT2D eigenvalue weighted by molar-refractivity contribution is 5.92. The molecule has 14 heavy (non-hydrogen) atoms. The Morgan fingerprint density at radius 3 is 2.93 bits per heavy atom. The number of nitrogens with zero attached hydrogens (tertiary/aromatic N) is 2. The first kappa shape index (κ1) is 9.24. The largest absolute Gasteiger partial charge is 0.350 e. The molecule has 1 amide bonds. The van der Waals surface area contributed by atoms with Gasteiger partial charge in [-0.2, -0.15) is 5.10 Å². The van der Waals surface area contributed by atoms with Crippen LogP contribution in [-0.2, 0) is 7.05 Å². The highest BCUT2D eigenvalue weighted by Crippen LogP contribution is 2.27. The lowest BCUT2D eigenvalue weighted by Gasteiger charge is -2.03. The van der Waals surface area contributed by atoms with Gasteiger partial charge in [-0.1, -0.05) is 0 Å². The number of nitrogens with one attached hydrogen (secondary N) is 1. The van der Waals surface area contributed by atoms with Crippen molar-refractivity contribution in [1.29, 1.82) is 0 Å². The number of hydrogen-bond donors (Lipinski definition) is 1. The maximum atomic E-state index is 11.6. The van der Waals surface area contributed by atoms with Crippen molar-refractivity contribution in [3.8, 4) is 0 Å². The number of aromatic nitrogens is 2. The third kappa shape index (κ3) is 1.95. The molecule has 1 N–H and O–H groups in total. The molecular weight excluding hydrogens is 178 g/mol. The quantitative estimate of drug-likeness (QED) is 0.774. The minimum absolute atomic E-state index is 0.0139. The van der Waals surface area contributed by atoms with Gasteiger partial charge in [-0.25, -0.2) is 0 Å². The molecule has 1 aliphatic carbocycles. The van der Waals surface area contributed by atoms with Crippen LogP contribution in [0.1, 0.15) is 29.0 Å². The van der Waals surface area contributed by atoms with Crippen LogP contribution >= 0.6 is 0 Å². The zero-order valence-corrected chi connectivity index (χ0v) is 8.58. The molecule has 0 unspecified atom stereocenters. The second-order valence-electron chi connectivity index (χ2n) is 3.95. The standard InChI is InChI=1S/C10H15N3O/c1-7-5-9(13(2)12-7)10(14)11-6-8-3-4-8/h5,8H,3-4,6H2,1-2H3,(H,11,14). The Morgan fingerprint density at radius 1 is 1.71 bits per heavy atom. The molecule has 0 spiro atoms. The third-order valence-corrected chi connectivity index (χ3v) is 2.48. The molecule has 76 valence electrons. The van der Waals surface area contributed by atoms with E-state index in [-0.39, 0.29) is 5.91 Å². The summed E-state index contributed by atoms with van der Waals surface area (Å²) in [5.74, 6) is 0.702. The fraction of sp³-hybridized carbons (Fsp3) is 0.600. The van der Waals surface area contributed by atoms with Crippen molar-refractivity contribution in [2.24, 2.45) is 13.0 Å². The van der Waals surface area contributed by atoms with E-state index in [0.717, 1.165) is 12.2 Å². The summed E-state index contributed by atoms with van der Waals surface area (Å²) in [5.41, 5.74) is 1.52. The van der Waals surface area contributed by atoms with Crippen LogP contribution in [0.25, 0.3) is 0 Å². The Bertz CT molecular complexity index is 352. The summed E-state index contributed by atoms with van der Waals surface area (Å²) in [6.45, 7) is 2.70. The molecule has 0 aromatic carbocycles. The summed E-state index contributed by atoms with van der Waals surface area (Å²) in [6, 6.07) is 1.81. The van der Waals surface area contributed by atoms with E-state index >= 15 is 0 Å². The van der Waals surface area contributed by atoms with Crippen LogP contribution in [0.5, 0.6) is 0 Å². The van der Waals surface area contributed by atoms with Crippen molar-refractivity contribution in [3.63, 3.8) is 0 Å². The summed E-state index contributed by atoms with van der Waals surface area (Å²) < 4.78 is 1.62. The predicted molar refractivity (Wildman–Crippen MR) is 53.0 cm³/mol. The maximum absolute atomic E-state index is 11.6. The average Bonchev–Trinajstić information content (AvgIpc) is 2.88. The normalized spacial score (nSPS) is 15.6. The monoisotopic (exact) mass is 193 g/mol. The van der Waals surface area contributed by atoms with Crippen LogP contribution in [0.4, 0.5) is 0 Å². The fourth-order valence-electron chi connectivity index (χ4n) is 1.47. The van der Waals surface area contributed by atoms with Crippen molar-refractivity contribution < 1.29 is 4.79 Å². The molecule has 2 rings (SSSR count). The second-order valence-corrected chi connectivity index (χ2v) is 3.95. The van der Waals surface area contributed by atoms with Gasteiger partial charge in [0.1, 0.15) is 5.69 Å². The predicted octanol–water partition coefficient (Wildman–Crippen LogP) is 0.868. The smallest absolute Gasteiger partial charge is 0.269 e. The third-order valence-electron chi connectivity index (χ3n) is 2.48. The molecule has 0 aliphatic heterocycles. The van der Waals surface area contributed by atoms with Gasteiger partial charge in [0, 0.05) is 13.6 Å². The van der Waals surface area contributed by atoms with Crippen LogP contribution in [0.3, 0.4) is 0 Å². The van der Waals surface area contributed by atoms with E-state index in [9.17, 15) is 4.79 Å². The lowest BCUT2D eigenvalue weighted by Crippen LogP contribution is -2.27. The van der Waals surface area contributed by atoms with Crippen molar-refractivity contribution in [3.05, 3.63) is 17.5 Å². The van der Waals surface area contributed by atoms with Gasteiger partial charge >= 0.3 is 0 Å². The summed E-state index contributed by atoms with van der Waals surface area (Å²) in [4.78, 5) is 11.6. The number of carbonyl (C=O) groups is 1. The fourth-order valence-corrected chi connectivity index (χ4v) is 1.47. The summed E-state index contributed by atoms with van der Waals surface area (Å²) in [7, 11) is 1.79. The molecule has 0 radical (unpaired) electrons. The average molecular weight is 193 g/mol. The van der Waals surface area contributed by atoms with Crippen LogP contribution in [0.15, 0.2) is 6.07 Å². The number of hydrogen-bond acceptors (Lipinski definition) is 2. The lowest BCUT2D eigenvalue weighted by atomic mass is 10.3. The van der Waals surface area contributed by atoms with E-state index in [2.05, 4.69) is 10.4 Å². The van der Waals surface area contributed by atoms with Gasteiger partial charge in [-0.15, -0.1) is 0 Å². The van der Waals surface area contributed by atoms with E-state index in [1.807, 2.05) is 13.0 Å². The van der Waals surface area contributed by atoms with Gasteiger partial charge in [0.15, 0.2) is 0 Å². The van der Waals surface area contributed by atoms with Gasteiger partial charge in [-0.3, -0.25) is 9.48 Å². The number of amides is 1. The Hall–Kier alpha value is -1.32. The summed E-state index contributed by atoms with van der Waals surface area (Å²) in [5, 5.41) is 7.05. The topological polar surface area (TPSA) is 46.9 Å². The molecule has 1 aromatic heterocycles. The molecule has 1 heterocycles. The van der Waals surface area contributed by atoms with Gasteiger partial charge < -0.3 is 5.32 Å². The Kier molecular flexibility index (Phi) is 2.27. The van der Waals surface area contributed by atoms with E-state index < -0.39 is 0 Å². The number of carbonyl (C=O) groups excluding carboxylic acids is 1. The SMILES string of the molecule is Cc1cc(C(=O)NCC2CC2)n(C)n1. The van der Waals surface area contributed by atoms with Crippen LogP contribution in [-0.4, -0.2) is 22.2 Å². The molecule has 1 saturated carbocycles. The minimum atomic E-state index is -0.0139. The van der Waals surface area contributed by atoms with Crippen molar-refractivity contribution in [2.45, 2.75) is 19.8 Å². The van der Waals surface area contributed by atoms with Crippen LogP contribution < -0.4 is 5.32 Å². The van der Waals surface area contributed by atoms with E-state index in [4.69, 9.17) is 0 Å². The highest BCUT2D eigenvalue weighted by atomic mass is 16.2.